The summed E-state index contributed by atoms with van der Waals surface area (Å²) in [5.74, 6) is -2.45. The fraction of sp³-hybridized carbons (Fsp3) is 0.214. The topological polar surface area (TPSA) is 32.3 Å². The van der Waals surface area contributed by atoms with Crippen molar-refractivity contribution in [3.63, 3.8) is 0 Å². The molecule has 0 radical (unpaired) electrons. The highest BCUT2D eigenvalue weighted by Crippen LogP contribution is 2.19. The molecule has 0 saturated carbocycles. The predicted octanol–water partition coefficient (Wildman–Crippen LogP) is 3.33. The maximum Gasteiger partial charge on any atom is 0.454 e. The summed E-state index contributed by atoms with van der Waals surface area (Å²) in [6.07, 6.45) is -1.70. The minimum absolute atomic E-state index is 0.0577. The van der Waals surface area contributed by atoms with Gasteiger partial charge in [0.1, 0.15) is 5.82 Å². The van der Waals surface area contributed by atoms with E-state index in [0.717, 1.165) is 12.1 Å². The summed E-state index contributed by atoms with van der Waals surface area (Å²) >= 11 is 0. The van der Waals surface area contributed by atoms with Gasteiger partial charge in [0.2, 0.25) is 0 Å². The predicted molar refractivity (Wildman–Crippen MR) is 72.0 cm³/mol. The van der Waals surface area contributed by atoms with Crippen molar-refractivity contribution in [3.8, 4) is 0 Å². The number of halogens is 4. The van der Waals surface area contributed by atoms with Crippen molar-refractivity contribution < 1.29 is 22.4 Å². The number of nitrogens with one attached hydrogen (secondary N) is 1. The van der Waals surface area contributed by atoms with Crippen LogP contribution in [0.4, 0.5) is 23.2 Å². The summed E-state index contributed by atoms with van der Waals surface area (Å²) in [5, 5.41) is 2.62. The Hall–Kier alpha value is -2.31. The van der Waals surface area contributed by atoms with Gasteiger partial charge < -0.3 is 10.2 Å². The summed E-state index contributed by atoms with van der Waals surface area (Å²) in [7, 11) is 3.36. The van der Waals surface area contributed by atoms with Gasteiger partial charge >= 0.3 is 6.18 Å². The van der Waals surface area contributed by atoms with Crippen LogP contribution in [0.5, 0.6) is 0 Å². The van der Waals surface area contributed by atoms with Gasteiger partial charge in [-0.1, -0.05) is 0 Å². The lowest BCUT2D eigenvalue weighted by atomic mass is 10.2. The summed E-state index contributed by atoms with van der Waals surface area (Å²) in [4.78, 5) is 12.6. The summed E-state index contributed by atoms with van der Waals surface area (Å²) in [6.45, 7) is 0. The summed E-state index contributed by atoms with van der Waals surface area (Å²) in [5.41, 5.74) is 0.304. The van der Waals surface area contributed by atoms with E-state index in [9.17, 15) is 22.4 Å². The molecule has 3 nitrogen and oxygen atoms in total. The lowest BCUT2D eigenvalue weighted by molar-refractivity contribution is -0.165. The molecule has 114 valence electrons. The maximum absolute atomic E-state index is 12.8. The van der Waals surface area contributed by atoms with Crippen LogP contribution in [0, 0.1) is 5.82 Å². The molecule has 0 aromatic heterocycles. The molecule has 1 N–H and O–H groups in total. The van der Waals surface area contributed by atoms with Crippen LogP contribution < -0.4 is 5.32 Å². The quantitative estimate of drug-likeness (QED) is 0.514. The van der Waals surface area contributed by atoms with E-state index in [2.05, 4.69) is 5.32 Å². The molecule has 21 heavy (non-hydrogen) atoms. The van der Waals surface area contributed by atoms with E-state index in [1.54, 1.807) is 19.0 Å². The standard InChI is InChI=1S/C14H14F4N2O/c1-20(2)8-7-12(9-13(21)14(16,17)18)19-11-5-3-10(15)4-6-11/h3-9,19H,1-2H3/b8-7+,12-9-. The zero-order chi connectivity index (χ0) is 16.0. The Morgan fingerprint density at radius 1 is 1.19 bits per heavy atom. The molecule has 0 aliphatic heterocycles. The smallest absolute Gasteiger partial charge is 0.383 e. The molecule has 1 rings (SSSR count). The van der Waals surface area contributed by atoms with Crippen LogP contribution in [0.3, 0.4) is 0 Å². The molecule has 0 atom stereocenters. The Labute approximate surface area is 119 Å². The number of rotatable bonds is 5. The van der Waals surface area contributed by atoms with Crippen molar-refractivity contribution >= 4 is 11.5 Å². The van der Waals surface area contributed by atoms with Crippen LogP contribution in [-0.2, 0) is 4.79 Å². The third-order valence-corrected chi connectivity index (χ3v) is 2.25. The van der Waals surface area contributed by atoms with Crippen LogP contribution in [0.1, 0.15) is 0 Å². The van der Waals surface area contributed by atoms with E-state index in [0.29, 0.717) is 11.8 Å². The van der Waals surface area contributed by atoms with Crippen molar-refractivity contribution in [3.05, 3.63) is 54.1 Å². The molecule has 1 aromatic carbocycles. The highest BCUT2D eigenvalue weighted by molar-refractivity contribution is 5.95. The van der Waals surface area contributed by atoms with Gasteiger partial charge in [0.25, 0.3) is 5.78 Å². The van der Waals surface area contributed by atoms with E-state index in [4.69, 9.17) is 0 Å². The number of allylic oxidation sites excluding steroid dienone is 2. The van der Waals surface area contributed by atoms with Crippen molar-refractivity contribution in [2.45, 2.75) is 6.18 Å². The molecular formula is C14H14F4N2O. The van der Waals surface area contributed by atoms with Gasteiger partial charge in [-0.05, 0) is 30.3 Å². The number of ketones is 1. The van der Waals surface area contributed by atoms with Crippen LogP contribution in [0.25, 0.3) is 0 Å². The summed E-state index contributed by atoms with van der Waals surface area (Å²) in [6, 6.07) is 5.01. The van der Waals surface area contributed by atoms with E-state index >= 15 is 0 Å². The van der Waals surface area contributed by atoms with E-state index < -0.39 is 17.8 Å². The second kappa shape index (κ2) is 6.92. The summed E-state index contributed by atoms with van der Waals surface area (Å²) < 4.78 is 49.7. The first-order chi connectivity index (χ1) is 9.68. The van der Waals surface area contributed by atoms with E-state index in [1.165, 1.54) is 24.4 Å². The molecule has 0 heterocycles. The number of carbonyl (C=O) groups excluding carboxylic acids is 1. The van der Waals surface area contributed by atoms with Gasteiger partial charge in [0.15, 0.2) is 0 Å². The lowest BCUT2D eigenvalue weighted by Crippen LogP contribution is -2.21. The monoisotopic (exact) mass is 302 g/mol. The third kappa shape index (κ3) is 6.11. The number of nitrogens with zero attached hydrogens (tertiary/aromatic N) is 1. The molecule has 0 saturated heterocycles. The van der Waals surface area contributed by atoms with Gasteiger partial charge in [-0.25, -0.2) is 4.39 Å². The minimum atomic E-state index is -4.94. The average Bonchev–Trinajstić information content (AvgIpc) is 2.37. The second-order valence-corrected chi connectivity index (χ2v) is 4.37. The lowest BCUT2D eigenvalue weighted by Gasteiger charge is -2.10. The number of hydrogen-bond donors (Lipinski definition) is 1. The van der Waals surface area contributed by atoms with Gasteiger partial charge in [-0.2, -0.15) is 13.2 Å². The highest BCUT2D eigenvalue weighted by atomic mass is 19.4. The molecular weight excluding hydrogens is 288 g/mol. The Morgan fingerprint density at radius 3 is 2.24 bits per heavy atom. The Morgan fingerprint density at radius 2 is 1.76 bits per heavy atom. The Kier molecular flexibility index (Phi) is 5.52. The number of alkyl halides is 3. The zero-order valence-corrected chi connectivity index (χ0v) is 11.4. The normalized spacial score (nSPS) is 12.6. The largest absolute Gasteiger partial charge is 0.454 e. The van der Waals surface area contributed by atoms with Crippen LogP contribution >= 0.6 is 0 Å². The second-order valence-electron chi connectivity index (χ2n) is 4.37. The Balaban J connectivity index is 3.00. The van der Waals surface area contributed by atoms with E-state index in [1.807, 2.05) is 0 Å². The van der Waals surface area contributed by atoms with Crippen LogP contribution in [-0.4, -0.2) is 31.0 Å². The highest BCUT2D eigenvalue weighted by Gasteiger charge is 2.36. The maximum atomic E-state index is 12.8. The first kappa shape index (κ1) is 16.7. The van der Waals surface area contributed by atoms with Crippen molar-refractivity contribution in [1.82, 2.24) is 4.90 Å². The van der Waals surface area contributed by atoms with Crippen molar-refractivity contribution in [2.75, 3.05) is 19.4 Å². The number of hydrogen-bond acceptors (Lipinski definition) is 3. The first-order valence-corrected chi connectivity index (χ1v) is 5.88. The molecule has 0 aliphatic carbocycles. The molecule has 0 fully saturated rings. The number of anilines is 1. The average molecular weight is 302 g/mol. The van der Waals surface area contributed by atoms with Crippen LogP contribution in [0.15, 0.2) is 48.3 Å². The van der Waals surface area contributed by atoms with Crippen molar-refractivity contribution in [2.24, 2.45) is 0 Å². The first-order valence-electron chi connectivity index (χ1n) is 5.88. The van der Waals surface area contributed by atoms with E-state index in [-0.39, 0.29) is 5.70 Å². The molecule has 0 unspecified atom stereocenters. The Bertz CT molecular complexity index is 545. The zero-order valence-electron chi connectivity index (χ0n) is 11.4. The van der Waals surface area contributed by atoms with Gasteiger partial charge in [-0.15, -0.1) is 0 Å². The molecule has 0 bridgehead atoms. The van der Waals surface area contributed by atoms with Gasteiger partial charge in [-0.3, -0.25) is 4.79 Å². The minimum Gasteiger partial charge on any atom is -0.383 e. The molecule has 1 aromatic rings. The van der Waals surface area contributed by atoms with Gasteiger partial charge in [0.05, 0.1) is 0 Å². The molecule has 0 spiro atoms. The molecule has 0 amide bonds. The molecule has 7 heteroatoms. The fourth-order valence-electron chi connectivity index (χ4n) is 1.28. The molecule has 0 aliphatic rings. The number of benzene rings is 1. The SMILES string of the molecule is CN(C)/C=C/C(=C/C(=O)C(F)(F)F)Nc1ccc(F)cc1. The fourth-order valence-corrected chi connectivity index (χ4v) is 1.28. The van der Waals surface area contributed by atoms with Gasteiger partial charge in [0, 0.05) is 37.8 Å². The van der Waals surface area contributed by atoms with Crippen molar-refractivity contribution in [1.29, 1.82) is 0 Å². The third-order valence-electron chi connectivity index (χ3n) is 2.25. The van der Waals surface area contributed by atoms with Crippen LogP contribution in [0.2, 0.25) is 0 Å². The number of carbonyl (C=O) groups is 1.